The van der Waals surface area contributed by atoms with E-state index in [1.54, 1.807) is 13.8 Å². The van der Waals surface area contributed by atoms with E-state index in [1.807, 2.05) is 6.07 Å². The fraction of sp³-hybridized carbons (Fsp3) is 0.400. The lowest BCUT2D eigenvalue weighted by atomic mass is 10.0. The molecule has 10 heteroatoms. The van der Waals surface area contributed by atoms with Gasteiger partial charge in [0.1, 0.15) is 23.5 Å². The first-order valence-electron chi connectivity index (χ1n) is 11.3. The predicted molar refractivity (Wildman–Crippen MR) is 134 cm³/mol. The minimum Gasteiger partial charge on any atom is -0.363 e. The molecule has 0 bridgehead atoms. The molecule has 0 radical (unpaired) electrons. The maximum atomic E-state index is 14.8. The van der Waals surface area contributed by atoms with Gasteiger partial charge in [0, 0.05) is 15.7 Å². The normalized spacial score (nSPS) is 16.9. The highest BCUT2D eigenvalue weighted by Crippen LogP contribution is 2.39. The van der Waals surface area contributed by atoms with Crippen LogP contribution in [0.2, 0.25) is 0 Å². The lowest BCUT2D eigenvalue weighted by Crippen LogP contribution is -2.32. The maximum Gasteiger partial charge on any atom is 0.266 e. The Balaban J connectivity index is 1.75. The average Bonchev–Trinajstić information content (AvgIpc) is 2.83. The Morgan fingerprint density at radius 2 is 1.89 bits per heavy atom. The summed E-state index contributed by atoms with van der Waals surface area (Å²) in [7, 11) is 1.63. The number of nitriles is 1. The highest BCUT2D eigenvalue weighted by Gasteiger charge is 2.24. The Kier molecular flexibility index (Phi) is 7.38. The molecule has 2 aromatic heterocycles. The van der Waals surface area contributed by atoms with Crippen LogP contribution in [-0.4, -0.2) is 51.1 Å². The number of alkyl halides is 2. The van der Waals surface area contributed by atoms with Gasteiger partial charge in [0.25, 0.3) is 6.43 Å². The van der Waals surface area contributed by atoms with E-state index < -0.39 is 34.3 Å². The van der Waals surface area contributed by atoms with Gasteiger partial charge in [-0.25, -0.2) is 28.1 Å². The van der Waals surface area contributed by atoms with Crippen molar-refractivity contribution in [1.29, 1.82) is 5.26 Å². The second-order valence-electron chi connectivity index (χ2n) is 8.79. The van der Waals surface area contributed by atoms with Crippen molar-refractivity contribution in [3.05, 3.63) is 52.7 Å². The SMILES string of the molecule is C=S(c1cc2c(N[C@H](C)c3cccc(C(F)F)c3F)nc(C)nc2nc1C#N)C1CCN(C)CC1. The predicted octanol–water partition coefficient (Wildman–Crippen LogP) is 5.61. The van der Waals surface area contributed by atoms with Crippen molar-refractivity contribution in [2.45, 2.75) is 49.3 Å². The third-order valence-corrected chi connectivity index (χ3v) is 8.49. The minimum atomic E-state index is -2.91. The van der Waals surface area contributed by atoms with E-state index in [-0.39, 0.29) is 5.56 Å². The third-order valence-electron chi connectivity index (χ3n) is 6.33. The molecule has 184 valence electrons. The van der Waals surface area contributed by atoms with E-state index in [0.29, 0.717) is 33.6 Å². The summed E-state index contributed by atoms with van der Waals surface area (Å²) in [6.07, 6.45) is -0.939. The van der Waals surface area contributed by atoms with Crippen LogP contribution in [0.4, 0.5) is 19.0 Å². The largest absolute Gasteiger partial charge is 0.363 e. The van der Waals surface area contributed by atoms with Gasteiger partial charge < -0.3 is 10.2 Å². The highest BCUT2D eigenvalue weighted by molar-refractivity contribution is 8.14. The highest BCUT2D eigenvalue weighted by atomic mass is 32.2. The fourth-order valence-electron chi connectivity index (χ4n) is 4.34. The number of hydrogen-bond acceptors (Lipinski definition) is 6. The Morgan fingerprint density at radius 3 is 2.54 bits per heavy atom. The molecule has 0 amide bonds. The van der Waals surface area contributed by atoms with Crippen LogP contribution in [0.5, 0.6) is 0 Å². The van der Waals surface area contributed by atoms with E-state index in [9.17, 15) is 18.4 Å². The maximum absolute atomic E-state index is 14.8. The monoisotopic (exact) mass is 500 g/mol. The number of hydrogen-bond donors (Lipinski definition) is 1. The summed E-state index contributed by atoms with van der Waals surface area (Å²) in [4.78, 5) is 16.4. The minimum absolute atomic E-state index is 0.109. The van der Waals surface area contributed by atoms with Crippen LogP contribution in [0.25, 0.3) is 11.0 Å². The Bertz CT molecular complexity index is 1310. The molecule has 1 aromatic carbocycles. The number of anilines is 1. The zero-order chi connectivity index (χ0) is 25.3. The number of fused-ring (bicyclic) bond motifs is 1. The van der Waals surface area contributed by atoms with Crippen LogP contribution in [0, 0.1) is 24.1 Å². The number of nitrogens with zero attached hydrogens (tertiary/aromatic N) is 5. The molecule has 1 fully saturated rings. The van der Waals surface area contributed by atoms with Gasteiger partial charge in [-0.2, -0.15) is 15.7 Å². The van der Waals surface area contributed by atoms with Crippen molar-refractivity contribution < 1.29 is 13.2 Å². The number of aromatic nitrogens is 3. The van der Waals surface area contributed by atoms with Gasteiger partial charge in [-0.15, -0.1) is 0 Å². The summed E-state index contributed by atoms with van der Waals surface area (Å²) in [5, 5.41) is 13.9. The molecule has 1 saturated heterocycles. The van der Waals surface area contributed by atoms with Gasteiger partial charge in [0.15, 0.2) is 11.3 Å². The lowest BCUT2D eigenvalue weighted by Gasteiger charge is -2.31. The number of halogens is 3. The zero-order valence-electron chi connectivity index (χ0n) is 19.9. The van der Waals surface area contributed by atoms with Crippen molar-refractivity contribution in [2.24, 2.45) is 0 Å². The summed E-state index contributed by atoms with van der Waals surface area (Å²) in [5.74, 6) is 4.28. The van der Waals surface area contributed by atoms with Crippen LogP contribution in [0.3, 0.4) is 0 Å². The number of pyridine rings is 1. The van der Waals surface area contributed by atoms with Crippen molar-refractivity contribution in [1.82, 2.24) is 19.9 Å². The van der Waals surface area contributed by atoms with Gasteiger partial charge in [-0.1, -0.05) is 24.1 Å². The van der Waals surface area contributed by atoms with Gasteiger partial charge >= 0.3 is 0 Å². The third kappa shape index (κ3) is 5.16. The molecule has 35 heavy (non-hydrogen) atoms. The number of aryl methyl sites for hydroxylation is 1. The quantitative estimate of drug-likeness (QED) is 0.444. The molecule has 4 rings (SSSR count). The molecule has 1 aliphatic rings. The second kappa shape index (κ2) is 10.3. The molecule has 3 aromatic rings. The summed E-state index contributed by atoms with van der Waals surface area (Å²) in [5.41, 5.74) is 0.108. The van der Waals surface area contributed by atoms with Crippen molar-refractivity contribution >= 4 is 33.2 Å². The number of rotatable bonds is 6. The van der Waals surface area contributed by atoms with Crippen LogP contribution in [-0.2, 0) is 0 Å². The molecule has 6 nitrogen and oxygen atoms in total. The first-order chi connectivity index (χ1) is 16.7. The van der Waals surface area contributed by atoms with Crippen LogP contribution in [0.1, 0.15) is 54.9 Å². The Labute approximate surface area is 205 Å². The van der Waals surface area contributed by atoms with Crippen molar-refractivity contribution in [3.63, 3.8) is 0 Å². The van der Waals surface area contributed by atoms with Crippen LogP contribution in [0.15, 0.2) is 29.2 Å². The van der Waals surface area contributed by atoms with Gasteiger partial charge in [0.05, 0.1) is 17.0 Å². The van der Waals surface area contributed by atoms with Crippen LogP contribution < -0.4 is 5.32 Å². The summed E-state index contributed by atoms with van der Waals surface area (Å²) < 4.78 is 41.2. The molecule has 1 unspecified atom stereocenters. The molecule has 0 saturated carbocycles. The molecule has 1 N–H and O–H groups in total. The molecular formula is C25H27F3N6S. The van der Waals surface area contributed by atoms with E-state index in [4.69, 9.17) is 0 Å². The second-order valence-corrected chi connectivity index (χ2v) is 10.8. The summed E-state index contributed by atoms with van der Waals surface area (Å²) >= 11 is 0. The summed E-state index contributed by atoms with van der Waals surface area (Å²) in [6, 6.07) is 7.36. The standard InChI is InChI=1S/C25H27F3N6S/c1-14(17-6-5-7-18(22(17)26)23(27)28)30-24-19-12-21(35(4)16-8-10-34(3)11-9-16)20(13-29)33-25(19)32-15(2)31-24/h5-7,12,14,16,23H,4,8-11H2,1-3H3,(H,30,31,32,33)/t14-,35?/m1/s1. The molecular weight excluding hydrogens is 473 g/mol. The lowest BCUT2D eigenvalue weighted by molar-refractivity contribution is 0.146. The van der Waals surface area contributed by atoms with Gasteiger partial charge in [-0.3, -0.25) is 0 Å². The molecule has 3 heterocycles. The zero-order valence-corrected chi connectivity index (χ0v) is 20.7. The topological polar surface area (TPSA) is 77.7 Å². The molecule has 0 spiro atoms. The van der Waals surface area contributed by atoms with E-state index >= 15 is 0 Å². The Morgan fingerprint density at radius 1 is 1.20 bits per heavy atom. The molecule has 1 aliphatic heterocycles. The van der Waals surface area contributed by atoms with E-state index in [0.717, 1.165) is 36.9 Å². The smallest absolute Gasteiger partial charge is 0.266 e. The molecule has 2 atom stereocenters. The Hall–Kier alpha value is -3.03. The van der Waals surface area contributed by atoms with Crippen molar-refractivity contribution in [3.8, 4) is 6.07 Å². The number of likely N-dealkylation sites (tertiary alicyclic amines) is 1. The molecule has 0 aliphatic carbocycles. The number of benzene rings is 1. The van der Waals surface area contributed by atoms with Gasteiger partial charge in [0.2, 0.25) is 0 Å². The average molecular weight is 501 g/mol. The van der Waals surface area contributed by atoms with Crippen LogP contribution >= 0.6 is 10.5 Å². The van der Waals surface area contributed by atoms with Gasteiger partial charge in [-0.05, 0) is 52.9 Å². The number of nitrogens with one attached hydrogen (secondary N) is 1. The van der Waals surface area contributed by atoms with E-state index in [1.165, 1.54) is 12.1 Å². The summed E-state index contributed by atoms with van der Waals surface area (Å²) in [6.45, 7) is 5.32. The fourth-order valence-corrected chi connectivity index (χ4v) is 6.09. The first-order valence-corrected chi connectivity index (χ1v) is 12.8. The number of piperidine rings is 1. The first kappa shape index (κ1) is 25.1. The van der Waals surface area contributed by atoms with E-state index in [2.05, 4.69) is 44.2 Å². The van der Waals surface area contributed by atoms with Crippen molar-refractivity contribution in [2.75, 3.05) is 25.5 Å².